The molecular formula is C14H24N2O3S. The lowest BCUT2D eigenvalue weighted by Gasteiger charge is -2.21. The van der Waals surface area contributed by atoms with Gasteiger partial charge in [0.15, 0.2) is 0 Å². The molecule has 20 heavy (non-hydrogen) atoms. The fourth-order valence-electron chi connectivity index (χ4n) is 4.20. The molecule has 0 aromatic carbocycles. The average molecular weight is 300 g/mol. The minimum absolute atomic E-state index is 0.0964. The van der Waals surface area contributed by atoms with Crippen LogP contribution in [0.4, 0.5) is 0 Å². The first-order valence-corrected chi connectivity index (χ1v) is 9.40. The monoisotopic (exact) mass is 300 g/mol. The van der Waals surface area contributed by atoms with Crippen molar-refractivity contribution in [2.24, 2.45) is 17.8 Å². The van der Waals surface area contributed by atoms with Crippen molar-refractivity contribution in [1.29, 1.82) is 0 Å². The van der Waals surface area contributed by atoms with Gasteiger partial charge in [0.2, 0.25) is 15.9 Å². The van der Waals surface area contributed by atoms with Crippen molar-refractivity contribution in [1.82, 2.24) is 9.62 Å². The van der Waals surface area contributed by atoms with Gasteiger partial charge in [-0.05, 0) is 43.4 Å². The second-order valence-corrected chi connectivity index (χ2v) is 8.65. The number of rotatable bonds is 5. The van der Waals surface area contributed by atoms with Gasteiger partial charge in [-0.1, -0.05) is 6.42 Å². The molecule has 0 radical (unpaired) electrons. The molecule has 0 aromatic heterocycles. The largest absolute Gasteiger partial charge is 0.355 e. The molecule has 3 aliphatic rings. The molecule has 1 saturated heterocycles. The van der Waals surface area contributed by atoms with Gasteiger partial charge in [-0.3, -0.25) is 4.79 Å². The second-order valence-electron chi connectivity index (χ2n) is 6.56. The zero-order valence-corrected chi connectivity index (χ0v) is 12.7. The van der Waals surface area contributed by atoms with E-state index in [4.69, 9.17) is 0 Å². The Kier molecular flexibility index (Phi) is 4.04. The van der Waals surface area contributed by atoms with Crippen molar-refractivity contribution in [2.45, 2.75) is 38.5 Å². The summed E-state index contributed by atoms with van der Waals surface area (Å²) in [6.45, 7) is 1.47. The molecule has 5 nitrogen and oxygen atoms in total. The van der Waals surface area contributed by atoms with Gasteiger partial charge < -0.3 is 5.32 Å². The Hall–Kier alpha value is -0.620. The second kappa shape index (κ2) is 5.64. The van der Waals surface area contributed by atoms with E-state index in [9.17, 15) is 13.2 Å². The molecule has 0 aromatic rings. The minimum Gasteiger partial charge on any atom is -0.355 e. The van der Waals surface area contributed by atoms with E-state index in [1.54, 1.807) is 0 Å². The Balaban J connectivity index is 1.37. The van der Waals surface area contributed by atoms with Crippen molar-refractivity contribution in [3.63, 3.8) is 0 Å². The molecule has 3 fully saturated rings. The van der Waals surface area contributed by atoms with Gasteiger partial charge in [0.1, 0.15) is 0 Å². The molecule has 2 saturated carbocycles. The Morgan fingerprint density at radius 1 is 1.25 bits per heavy atom. The molecule has 6 heteroatoms. The van der Waals surface area contributed by atoms with Gasteiger partial charge in [-0.25, -0.2) is 12.7 Å². The normalized spacial score (nSPS) is 35.5. The summed E-state index contributed by atoms with van der Waals surface area (Å²) in [5.74, 6) is 2.56. The van der Waals surface area contributed by atoms with E-state index in [2.05, 4.69) is 5.32 Å². The fraction of sp³-hybridized carbons (Fsp3) is 0.929. The summed E-state index contributed by atoms with van der Waals surface area (Å²) >= 11 is 0. The quantitative estimate of drug-likeness (QED) is 0.822. The Morgan fingerprint density at radius 2 is 2.10 bits per heavy atom. The first-order valence-electron chi connectivity index (χ1n) is 7.79. The van der Waals surface area contributed by atoms with Crippen LogP contribution in [0.2, 0.25) is 0 Å². The SMILES string of the molecule is O=C(C[C@H]1C[C@H]2CC[C@H]1C2)NCCN1CCCS1(=O)=O. The van der Waals surface area contributed by atoms with Gasteiger partial charge >= 0.3 is 0 Å². The summed E-state index contributed by atoms with van der Waals surface area (Å²) in [6, 6.07) is 0. The summed E-state index contributed by atoms with van der Waals surface area (Å²) in [7, 11) is -3.03. The average Bonchev–Trinajstić information content (AvgIpc) is 3.05. The maximum Gasteiger partial charge on any atom is 0.220 e. The highest BCUT2D eigenvalue weighted by Crippen LogP contribution is 2.49. The molecule has 0 spiro atoms. The van der Waals surface area contributed by atoms with E-state index < -0.39 is 10.0 Å². The third kappa shape index (κ3) is 3.01. The molecular weight excluding hydrogens is 276 g/mol. The lowest BCUT2D eigenvalue weighted by molar-refractivity contribution is -0.122. The van der Waals surface area contributed by atoms with Crippen LogP contribution in [0, 0.1) is 17.8 Å². The number of fused-ring (bicyclic) bond motifs is 2. The van der Waals surface area contributed by atoms with E-state index in [1.807, 2.05) is 0 Å². The van der Waals surface area contributed by atoms with Crippen LogP contribution < -0.4 is 5.32 Å². The van der Waals surface area contributed by atoms with Crippen molar-refractivity contribution < 1.29 is 13.2 Å². The first-order chi connectivity index (χ1) is 9.54. The summed E-state index contributed by atoms with van der Waals surface area (Å²) in [5, 5.41) is 2.89. The number of sulfonamides is 1. The van der Waals surface area contributed by atoms with Gasteiger partial charge in [0.25, 0.3) is 0 Å². The van der Waals surface area contributed by atoms with Crippen LogP contribution in [0.3, 0.4) is 0 Å². The van der Waals surface area contributed by atoms with Crippen LogP contribution in [0.1, 0.15) is 38.5 Å². The summed E-state index contributed by atoms with van der Waals surface area (Å²) in [4.78, 5) is 11.9. The van der Waals surface area contributed by atoms with Crippen LogP contribution in [-0.2, 0) is 14.8 Å². The number of carbonyl (C=O) groups excluding carboxylic acids is 1. The molecule has 3 atom stereocenters. The maximum absolute atomic E-state index is 11.9. The number of carbonyl (C=O) groups is 1. The molecule has 1 aliphatic heterocycles. The first kappa shape index (κ1) is 14.3. The van der Waals surface area contributed by atoms with Crippen LogP contribution in [-0.4, -0.2) is 44.0 Å². The standard InChI is InChI=1S/C14H24N2O3S/c17-14(10-13-9-11-2-3-12(13)8-11)15-4-6-16-5-1-7-20(16,18)19/h11-13H,1-10H2,(H,15,17)/t11-,12-,13+/m0/s1. The third-order valence-corrected chi connectivity index (χ3v) is 7.18. The van der Waals surface area contributed by atoms with Crippen LogP contribution >= 0.6 is 0 Å². The molecule has 1 N–H and O–H groups in total. The smallest absolute Gasteiger partial charge is 0.220 e. The summed E-state index contributed by atoms with van der Waals surface area (Å²) < 4.78 is 24.7. The van der Waals surface area contributed by atoms with E-state index in [0.29, 0.717) is 38.4 Å². The lowest BCUT2D eigenvalue weighted by atomic mass is 9.86. The van der Waals surface area contributed by atoms with E-state index in [-0.39, 0.29) is 11.7 Å². The van der Waals surface area contributed by atoms with Crippen LogP contribution in [0.25, 0.3) is 0 Å². The number of amides is 1. The van der Waals surface area contributed by atoms with Gasteiger partial charge in [0.05, 0.1) is 5.75 Å². The highest BCUT2D eigenvalue weighted by atomic mass is 32.2. The van der Waals surface area contributed by atoms with Crippen molar-refractivity contribution in [3.8, 4) is 0 Å². The van der Waals surface area contributed by atoms with Crippen molar-refractivity contribution in [3.05, 3.63) is 0 Å². The lowest BCUT2D eigenvalue weighted by Crippen LogP contribution is -2.36. The predicted octanol–water partition coefficient (Wildman–Crippen LogP) is 0.964. The number of nitrogens with zero attached hydrogens (tertiary/aromatic N) is 1. The molecule has 2 bridgehead atoms. The summed E-state index contributed by atoms with van der Waals surface area (Å²) in [5.41, 5.74) is 0. The van der Waals surface area contributed by atoms with Crippen molar-refractivity contribution >= 4 is 15.9 Å². The molecule has 3 rings (SSSR count). The number of hydrogen-bond acceptors (Lipinski definition) is 3. The van der Waals surface area contributed by atoms with Gasteiger partial charge in [0, 0.05) is 26.1 Å². The molecule has 114 valence electrons. The molecule has 1 heterocycles. The Morgan fingerprint density at radius 3 is 2.70 bits per heavy atom. The van der Waals surface area contributed by atoms with E-state index in [0.717, 1.165) is 11.8 Å². The Labute approximate surface area is 121 Å². The molecule has 0 unspecified atom stereocenters. The number of hydrogen-bond donors (Lipinski definition) is 1. The van der Waals surface area contributed by atoms with Crippen LogP contribution in [0.15, 0.2) is 0 Å². The summed E-state index contributed by atoms with van der Waals surface area (Å²) in [6.07, 6.45) is 6.54. The van der Waals surface area contributed by atoms with Crippen LogP contribution in [0.5, 0.6) is 0 Å². The zero-order chi connectivity index (χ0) is 14.2. The minimum atomic E-state index is -3.03. The highest BCUT2D eigenvalue weighted by Gasteiger charge is 2.40. The van der Waals surface area contributed by atoms with E-state index in [1.165, 1.54) is 30.0 Å². The topological polar surface area (TPSA) is 66.5 Å². The maximum atomic E-state index is 11.9. The zero-order valence-electron chi connectivity index (χ0n) is 11.9. The van der Waals surface area contributed by atoms with Gasteiger partial charge in [-0.2, -0.15) is 0 Å². The van der Waals surface area contributed by atoms with Gasteiger partial charge in [-0.15, -0.1) is 0 Å². The van der Waals surface area contributed by atoms with Crippen molar-refractivity contribution in [2.75, 3.05) is 25.4 Å². The number of nitrogens with one attached hydrogen (secondary N) is 1. The predicted molar refractivity (Wildman–Crippen MR) is 76.5 cm³/mol. The Bertz CT molecular complexity index is 477. The molecule has 2 aliphatic carbocycles. The fourth-order valence-corrected chi connectivity index (χ4v) is 5.73. The highest BCUT2D eigenvalue weighted by molar-refractivity contribution is 7.89. The third-order valence-electron chi connectivity index (χ3n) is 5.22. The van der Waals surface area contributed by atoms with E-state index >= 15 is 0 Å². The molecule has 1 amide bonds.